The van der Waals surface area contributed by atoms with Crippen LogP contribution >= 0.6 is 0 Å². The Morgan fingerprint density at radius 2 is 1.81 bits per heavy atom. The SMILES string of the molecule is COc1ccc(N2C[C@@H](NC(=O)Nc3cccc(OC)c3)CC2=O)cc1. The maximum Gasteiger partial charge on any atom is 0.319 e. The highest BCUT2D eigenvalue weighted by molar-refractivity contribution is 5.97. The van der Waals surface area contributed by atoms with Crippen LogP contribution in [0.4, 0.5) is 16.2 Å². The largest absolute Gasteiger partial charge is 0.497 e. The molecule has 3 amide bonds. The van der Waals surface area contributed by atoms with Crippen molar-refractivity contribution in [3.8, 4) is 11.5 Å². The number of urea groups is 1. The molecule has 0 unspecified atom stereocenters. The molecular weight excluding hydrogens is 334 g/mol. The quantitative estimate of drug-likeness (QED) is 0.864. The maximum absolute atomic E-state index is 12.3. The minimum Gasteiger partial charge on any atom is -0.497 e. The summed E-state index contributed by atoms with van der Waals surface area (Å²) in [6, 6.07) is 13.7. The molecular formula is C19H21N3O4. The molecule has 2 N–H and O–H groups in total. The first-order valence-corrected chi connectivity index (χ1v) is 8.25. The highest BCUT2D eigenvalue weighted by Gasteiger charge is 2.31. The van der Waals surface area contributed by atoms with Crippen LogP contribution in [0.25, 0.3) is 0 Å². The fourth-order valence-electron chi connectivity index (χ4n) is 2.87. The number of ether oxygens (including phenoxy) is 2. The van der Waals surface area contributed by atoms with E-state index in [1.165, 1.54) is 0 Å². The van der Waals surface area contributed by atoms with Gasteiger partial charge in [0.2, 0.25) is 5.91 Å². The number of carbonyl (C=O) groups is 2. The highest BCUT2D eigenvalue weighted by Crippen LogP contribution is 2.24. The molecule has 1 aliphatic heterocycles. The number of amides is 3. The van der Waals surface area contributed by atoms with Gasteiger partial charge in [0, 0.05) is 30.4 Å². The van der Waals surface area contributed by atoms with Crippen molar-refractivity contribution in [2.75, 3.05) is 31.0 Å². The van der Waals surface area contributed by atoms with Crippen LogP contribution in [0, 0.1) is 0 Å². The number of anilines is 2. The normalized spacial score (nSPS) is 16.3. The van der Waals surface area contributed by atoms with Gasteiger partial charge in [0.15, 0.2) is 0 Å². The average Bonchev–Trinajstić information content (AvgIpc) is 3.01. The van der Waals surface area contributed by atoms with Crippen LogP contribution in [0.2, 0.25) is 0 Å². The third-order valence-corrected chi connectivity index (χ3v) is 4.17. The Balaban J connectivity index is 1.58. The van der Waals surface area contributed by atoms with Crippen LogP contribution in [0.5, 0.6) is 11.5 Å². The molecule has 0 bridgehead atoms. The molecule has 26 heavy (non-hydrogen) atoms. The van der Waals surface area contributed by atoms with E-state index in [9.17, 15) is 9.59 Å². The molecule has 0 saturated carbocycles. The highest BCUT2D eigenvalue weighted by atomic mass is 16.5. The molecule has 0 spiro atoms. The molecule has 2 aromatic rings. The Labute approximate surface area is 151 Å². The van der Waals surface area contributed by atoms with E-state index >= 15 is 0 Å². The van der Waals surface area contributed by atoms with Crippen molar-refractivity contribution >= 4 is 23.3 Å². The van der Waals surface area contributed by atoms with Crippen LogP contribution in [0.3, 0.4) is 0 Å². The van der Waals surface area contributed by atoms with E-state index in [4.69, 9.17) is 9.47 Å². The second kappa shape index (κ2) is 7.77. The second-order valence-corrected chi connectivity index (χ2v) is 5.93. The molecule has 0 aliphatic carbocycles. The maximum atomic E-state index is 12.3. The lowest BCUT2D eigenvalue weighted by molar-refractivity contribution is -0.117. The van der Waals surface area contributed by atoms with Crippen LogP contribution in [-0.4, -0.2) is 38.7 Å². The Morgan fingerprint density at radius 1 is 1.08 bits per heavy atom. The molecule has 1 heterocycles. The molecule has 0 radical (unpaired) electrons. The summed E-state index contributed by atoms with van der Waals surface area (Å²) >= 11 is 0. The Hall–Kier alpha value is -3.22. The van der Waals surface area contributed by atoms with E-state index in [1.54, 1.807) is 55.5 Å². The lowest BCUT2D eigenvalue weighted by Crippen LogP contribution is -2.39. The number of benzene rings is 2. The van der Waals surface area contributed by atoms with Crippen molar-refractivity contribution in [1.82, 2.24) is 5.32 Å². The molecule has 1 aliphatic rings. The monoisotopic (exact) mass is 355 g/mol. The summed E-state index contributed by atoms with van der Waals surface area (Å²) in [7, 11) is 3.16. The van der Waals surface area contributed by atoms with E-state index in [-0.39, 0.29) is 24.4 Å². The smallest absolute Gasteiger partial charge is 0.319 e. The number of rotatable bonds is 5. The molecule has 0 aromatic heterocycles. The number of methoxy groups -OCH3 is 2. The van der Waals surface area contributed by atoms with E-state index in [2.05, 4.69) is 10.6 Å². The zero-order valence-corrected chi connectivity index (χ0v) is 14.7. The summed E-state index contributed by atoms with van der Waals surface area (Å²) in [5, 5.41) is 5.59. The molecule has 7 nitrogen and oxygen atoms in total. The zero-order chi connectivity index (χ0) is 18.5. The number of nitrogens with one attached hydrogen (secondary N) is 2. The van der Waals surface area contributed by atoms with Gasteiger partial charge in [-0.15, -0.1) is 0 Å². The van der Waals surface area contributed by atoms with Crippen molar-refractivity contribution < 1.29 is 19.1 Å². The number of hydrogen-bond acceptors (Lipinski definition) is 4. The van der Waals surface area contributed by atoms with Crippen LogP contribution in [0.15, 0.2) is 48.5 Å². The minimum atomic E-state index is -0.354. The van der Waals surface area contributed by atoms with Gasteiger partial charge in [0.1, 0.15) is 11.5 Å². The second-order valence-electron chi connectivity index (χ2n) is 5.93. The summed E-state index contributed by atoms with van der Waals surface area (Å²) in [5.74, 6) is 1.36. The Bertz CT molecular complexity index is 792. The summed E-state index contributed by atoms with van der Waals surface area (Å²) in [6.07, 6.45) is 0.261. The zero-order valence-electron chi connectivity index (χ0n) is 14.7. The fraction of sp³-hybridized carbons (Fsp3) is 0.263. The molecule has 1 fully saturated rings. The van der Waals surface area contributed by atoms with Gasteiger partial charge < -0.3 is 25.0 Å². The van der Waals surface area contributed by atoms with E-state index in [1.807, 2.05) is 12.1 Å². The Kier molecular flexibility index (Phi) is 5.26. The van der Waals surface area contributed by atoms with Gasteiger partial charge in [0.05, 0.1) is 20.3 Å². The van der Waals surface area contributed by atoms with E-state index < -0.39 is 0 Å². The standard InChI is InChI=1S/C19H21N3O4/c1-25-16-8-6-15(7-9-16)22-12-14(11-18(22)23)21-19(24)20-13-4-3-5-17(10-13)26-2/h3-10,14H,11-12H2,1-2H3,(H2,20,21,24)/t14-/m0/s1. The predicted octanol–water partition coefficient (Wildman–Crippen LogP) is 2.63. The summed E-state index contributed by atoms with van der Waals surface area (Å²) in [5.41, 5.74) is 1.41. The first-order valence-electron chi connectivity index (χ1n) is 8.25. The van der Waals surface area contributed by atoms with Crippen molar-refractivity contribution in [2.45, 2.75) is 12.5 Å². The van der Waals surface area contributed by atoms with Crippen molar-refractivity contribution in [1.29, 1.82) is 0 Å². The van der Waals surface area contributed by atoms with Gasteiger partial charge in [-0.05, 0) is 36.4 Å². The fourth-order valence-corrected chi connectivity index (χ4v) is 2.87. The molecule has 7 heteroatoms. The van der Waals surface area contributed by atoms with Crippen molar-refractivity contribution in [3.63, 3.8) is 0 Å². The van der Waals surface area contributed by atoms with Crippen LogP contribution < -0.4 is 25.0 Å². The molecule has 3 rings (SSSR count). The van der Waals surface area contributed by atoms with Gasteiger partial charge in [-0.1, -0.05) is 6.07 Å². The molecule has 2 aromatic carbocycles. The molecule has 1 atom stereocenters. The Morgan fingerprint density at radius 3 is 2.50 bits per heavy atom. The van der Waals surface area contributed by atoms with Gasteiger partial charge >= 0.3 is 6.03 Å². The number of hydrogen-bond donors (Lipinski definition) is 2. The van der Waals surface area contributed by atoms with Gasteiger partial charge in [-0.3, -0.25) is 4.79 Å². The third kappa shape index (κ3) is 4.05. The van der Waals surface area contributed by atoms with Gasteiger partial charge in [-0.2, -0.15) is 0 Å². The first-order chi connectivity index (χ1) is 12.6. The number of carbonyl (C=O) groups excluding carboxylic acids is 2. The van der Waals surface area contributed by atoms with Crippen molar-refractivity contribution in [3.05, 3.63) is 48.5 Å². The van der Waals surface area contributed by atoms with Gasteiger partial charge in [0.25, 0.3) is 0 Å². The van der Waals surface area contributed by atoms with Gasteiger partial charge in [-0.25, -0.2) is 4.79 Å². The predicted molar refractivity (Wildman–Crippen MR) is 98.9 cm³/mol. The first kappa shape index (κ1) is 17.6. The lowest BCUT2D eigenvalue weighted by atomic mass is 10.2. The van der Waals surface area contributed by atoms with Crippen molar-refractivity contribution in [2.24, 2.45) is 0 Å². The van der Waals surface area contributed by atoms with Crippen LogP contribution in [-0.2, 0) is 4.79 Å². The summed E-state index contributed by atoms with van der Waals surface area (Å²) in [6.45, 7) is 0.427. The topological polar surface area (TPSA) is 79.9 Å². The average molecular weight is 355 g/mol. The molecule has 136 valence electrons. The summed E-state index contributed by atoms with van der Waals surface area (Å²) in [4.78, 5) is 26.1. The molecule has 1 saturated heterocycles. The van der Waals surface area contributed by atoms with Crippen LogP contribution in [0.1, 0.15) is 6.42 Å². The van der Waals surface area contributed by atoms with E-state index in [0.717, 1.165) is 11.4 Å². The summed E-state index contributed by atoms with van der Waals surface area (Å²) < 4.78 is 10.3. The lowest BCUT2D eigenvalue weighted by Gasteiger charge is -2.18. The number of nitrogens with zero attached hydrogens (tertiary/aromatic N) is 1. The third-order valence-electron chi connectivity index (χ3n) is 4.17. The minimum absolute atomic E-state index is 0.0261. The van der Waals surface area contributed by atoms with E-state index in [0.29, 0.717) is 18.0 Å².